The van der Waals surface area contributed by atoms with Crippen LogP contribution in [0.3, 0.4) is 0 Å². The molecule has 146 valence electrons. The smallest absolute Gasteiger partial charge is 0.254 e. The first-order valence-corrected chi connectivity index (χ1v) is 9.14. The highest BCUT2D eigenvalue weighted by Crippen LogP contribution is 2.22. The van der Waals surface area contributed by atoms with Gasteiger partial charge in [-0.2, -0.15) is 5.10 Å². The normalized spacial score (nSPS) is 11.0. The fourth-order valence-corrected chi connectivity index (χ4v) is 3.01. The minimum Gasteiger partial charge on any atom is -0.395 e. The van der Waals surface area contributed by atoms with Gasteiger partial charge in [0.2, 0.25) is 0 Å². The molecule has 0 aliphatic carbocycles. The Hall–Kier alpha value is -3.06. The molecule has 1 amide bonds. The summed E-state index contributed by atoms with van der Waals surface area (Å²) >= 11 is 0. The summed E-state index contributed by atoms with van der Waals surface area (Å²) in [5.74, 6) is 0.0132. The van der Waals surface area contributed by atoms with Gasteiger partial charge >= 0.3 is 0 Å². The van der Waals surface area contributed by atoms with E-state index in [1.54, 1.807) is 41.1 Å². The van der Waals surface area contributed by atoms with Gasteiger partial charge in [-0.25, -0.2) is 14.1 Å². The molecule has 0 fully saturated rings. The van der Waals surface area contributed by atoms with E-state index in [4.69, 9.17) is 0 Å². The molecule has 7 heteroatoms. The van der Waals surface area contributed by atoms with Crippen molar-refractivity contribution in [2.24, 2.45) is 0 Å². The van der Waals surface area contributed by atoms with Crippen molar-refractivity contribution in [1.82, 2.24) is 19.7 Å². The van der Waals surface area contributed by atoms with E-state index < -0.39 is 0 Å². The Labute approximate surface area is 163 Å². The van der Waals surface area contributed by atoms with Crippen LogP contribution >= 0.6 is 0 Å². The summed E-state index contributed by atoms with van der Waals surface area (Å²) in [6.07, 6.45) is 1.49. The number of rotatable bonds is 7. The summed E-state index contributed by atoms with van der Waals surface area (Å²) in [6, 6.07) is 13.5. The first kappa shape index (κ1) is 19.7. The van der Waals surface area contributed by atoms with Crippen molar-refractivity contribution in [1.29, 1.82) is 0 Å². The zero-order chi connectivity index (χ0) is 20.1. The molecule has 0 saturated carbocycles. The Morgan fingerprint density at radius 3 is 2.71 bits per heavy atom. The number of hydrogen-bond acceptors (Lipinski definition) is 4. The molecule has 6 nitrogen and oxygen atoms in total. The average molecular weight is 382 g/mol. The van der Waals surface area contributed by atoms with E-state index in [2.05, 4.69) is 10.1 Å². The maximum atomic E-state index is 14.0. The van der Waals surface area contributed by atoms with E-state index in [0.29, 0.717) is 17.0 Å². The van der Waals surface area contributed by atoms with Crippen LogP contribution in [0.25, 0.3) is 11.4 Å². The molecule has 0 bridgehead atoms. The van der Waals surface area contributed by atoms with Crippen LogP contribution in [0, 0.1) is 5.82 Å². The van der Waals surface area contributed by atoms with Crippen molar-refractivity contribution in [3.63, 3.8) is 0 Å². The van der Waals surface area contributed by atoms with Crippen LogP contribution in [-0.4, -0.2) is 43.8 Å². The van der Waals surface area contributed by atoms with Crippen molar-refractivity contribution in [3.8, 4) is 11.4 Å². The van der Waals surface area contributed by atoms with Crippen molar-refractivity contribution in [3.05, 3.63) is 71.8 Å². The molecule has 0 saturated heterocycles. The van der Waals surface area contributed by atoms with Crippen LogP contribution in [0.15, 0.2) is 54.9 Å². The largest absolute Gasteiger partial charge is 0.395 e. The van der Waals surface area contributed by atoms with E-state index in [0.717, 1.165) is 5.56 Å². The number of amides is 1. The number of nitrogens with zero attached hydrogens (tertiary/aromatic N) is 4. The van der Waals surface area contributed by atoms with Gasteiger partial charge in [-0.15, -0.1) is 0 Å². The molecule has 3 aromatic rings. The molecule has 0 spiro atoms. The van der Waals surface area contributed by atoms with E-state index in [1.807, 2.05) is 19.9 Å². The van der Waals surface area contributed by atoms with Crippen LogP contribution in [0.1, 0.15) is 35.8 Å². The SMILES string of the molecule is CC(C)n1ncnc1-c1cccc(C(=O)N(CCO)Cc2ccccc2F)c1. The Bertz CT molecular complexity index is 955. The predicted molar refractivity (Wildman–Crippen MR) is 104 cm³/mol. The van der Waals surface area contributed by atoms with Gasteiger partial charge in [0.15, 0.2) is 5.82 Å². The lowest BCUT2D eigenvalue weighted by atomic mass is 10.1. The van der Waals surface area contributed by atoms with Gasteiger partial charge in [-0.05, 0) is 32.0 Å². The van der Waals surface area contributed by atoms with Crippen molar-refractivity contribution in [2.45, 2.75) is 26.4 Å². The maximum absolute atomic E-state index is 14.0. The number of halogens is 1. The summed E-state index contributed by atoms with van der Waals surface area (Å²) in [4.78, 5) is 18.8. The highest BCUT2D eigenvalue weighted by Gasteiger charge is 2.19. The summed E-state index contributed by atoms with van der Waals surface area (Å²) < 4.78 is 15.8. The maximum Gasteiger partial charge on any atom is 0.254 e. The zero-order valence-electron chi connectivity index (χ0n) is 15.9. The van der Waals surface area contributed by atoms with Crippen LogP contribution in [0.4, 0.5) is 4.39 Å². The van der Waals surface area contributed by atoms with E-state index in [-0.39, 0.29) is 37.5 Å². The van der Waals surface area contributed by atoms with E-state index >= 15 is 0 Å². The predicted octanol–water partition coefficient (Wildman–Crippen LogP) is 3.30. The molecule has 1 aromatic heterocycles. The molecular weight excluding hydrogens is 359 g/mol. The Morgan fingerprint density at radius 2 is 2.00 bits per heavy atom. The van der Waals surface area contributed by atoms with E-state index in [1.165, 1.54) is 17.3 Å². The minimum atomic E-state index is -0.378. The van der Waals surface area contributed by atoms with E-state index in [9.17, 15) is 14.3 Å². The summed E-state index contributed by atoms with van der Waals surface area (Å²) in [5, 5.41) is 13.6. The molecule has 0 aliphatic heterocycles. The van der Waals surface area contributed by atoms with Gasteiger partial charge < -0.3 is 10.0 Å². The topological polar surface area (TPSA) is 71.2 Å². The van der Waals surface area contributed by atoms with Crippen LogP contribution < -0.4 is 0 Å². The lowest BCUT2D eigenvalue weighted by Gasteiger charge is -2.22. The van der Waals surface area contributed by atoms with Crippen molar-refractivity contribution < 1.29 is 14.3 Å². The minimum absolute atomic E-state index is 0.0818. The first-order valence-electron chi connectivity index (χ1n) is 9.14. The summed E-state index contributed by atoms with van der Waals surface area (Å²) in [7, 11) is 0. The second kappa shape index (κ2) is 8.75. The quantitative estimate of drug-likeness (QED) is 0.681. The van der Waals surface area contributed by atoms with Gasteiger partial charge in [-0.1, -0.05) is 30.3 Å². The monoisotopic (exact) mass is 382 g/mol. The number of aliphatic hydroxyl groups excluding tert-OH is 1. The number of carbonyl (C=O) groups is 1. The van der Waals surface area contributed by atoms with Gasteiger partial charge in [0.05, 0.1) is 6.61 Å². The third-order valence-electron chi connectivity index (χ3n) is 4.41. The number of aliphatic hydroxyl groups is 1. The standard InChI is InChI=1S/C21H23FN4O2/c1-15(2)26-20(23-14-24-26)16-7-5-8-17(12-16)21(28)25(10-11-27)13-18-6-3-4-9-19(18)22/h3-9,12,14-15,27H,10-11,13H2,1-2H3. The molecule has 28 heavy (non-hydrogen) atoms. The lowest BCUT2D eigenvalue weighted by molar-refractivity contribution is 0.0706. The average Bonchev–Trinajstić information content (AvgIpc) is 3.19. The summed E-state index contributed by atoms with van der Waals surface area (Å²) in [5.41, 5.74) is 1.62. The second-order valence-corrected chi connectivity index (χ2v) is 6.74. The van der Waals surface area contributed by atoms with Crippen molar-refractivity contribution in [2.75, 3.05) is 13.2 Å². The van der Waals surface area contributed by atoms with Gasteiger partial charge in [0.1, 0.15) is 12.1 Å². The Morgan fingerprint density at radius 1 is 1.21 bits per heavy atom. The number of hydrogen-bond donors (Lipinski definition) is 1. The van der Waals surface area contributed by atoms with Crippen molar-refractivity contribution >= 4 is 5.91 Å². The third-order valence-corrected chi connectivity index (χ3v) is 4.41. The molecule has 0 aliphatic rings. The number of benzene rings is 2. The molecule has 0 unspecified atom stereocenters. The molecule has 1 heterocycles. The fraction of sp³-hybridized carbons (Fsp3) is 0.286. The van der Waals surface area contributed by atoms with Crippen LogP contribution in [-0.2, 0) is 6.54 Å². The highest BCUT2D eigenvalue weighted by atomic mass is 19.1. The summed E-state index contributed by atoms with van der Waals surface area (Å²) in [6.45, 7) is 3.99. The number of carbonyl (C=O) groups excluding carboxylic acids is 1. The Balaban J connectivity index is 1.89. The second-order valence-electron chi connectivity index (χ2n) is 6.74. The fourth-order valence-electron chi connectivity index (χ4n) is 3.01. The Kier molecular flexibility index (Phi) is 6.16. The van der Waals surface area contributed by atoms with Gasteiger partial charge in [0, 0.05) is 35.8 Å². The van der Waals surface area contributed by atoms with Crippen LogP contribution in [0.2, 0.25) is 0 Å². The molecule has 0 radical (unpaired) electrons. The molecule has 2 aromatic carbocycles. The molecular formula is C21H23FN4O2. The molecule has 1 N–H and O–H groups in total. The molecule has 0 atom stereocenters. The molecule has 3 rings (SSSR count). The highest BCUT2D eigenvalue weighted by molar-refractivity contribution is 5.95. The van der Waals surface area contributed by atoms with Crippen LogP contribution in [0.5, 0.6) is 0 Å². The number of aromatic nitrogens is 3. The third kappa shape index (κ3) is 4.26. The zero-order valence-corrected chi connectivity index (χ0v) is 15.9. The van der Waals surface area contributed by atoms with Gasteiger partial charge in [-0.3, -0.25) is 4.79 Å². The lowest BCUT2D eigenvalue weighted by Crippen LogP contribution is -2.33. The first-order chi connectivity index (χ1) is 13.5. The van der Waals surface area contributed by atoms with Gasteiger partial charge in [0.25, 0.3) is 5.91 Å².